The highest BCUT2D eigenvalue weighted by atomic mass is 35.5. The summed E-state index contributed by atoms with van der Waals surface area (Å²) in [6.07, 6.45) is 3.97. The molecule has 1 aromatic heterocycles. The van der Waals surface area contributed by atoms with Crippen molar-refractivity contribution >= 4 is 35.1 Å². The highest BCUT2D eigenvalue weighted by molar-refractivity contribution is 6.42. The molecule has 5 rings (SSSR count). The topological polar surface area (TPSA) is 58.6 Å². The van der Waals surface area contributed by atoms with Gasteiger partial charge in [-0.25, -0.2) is 9.37 Å². The van der Waals surface area contributed by atoms with Crippen LogP contribution in [0.2, 0.25) is 10.0 Å². The summed E-state index contributed by atoms with van der Waals surface area (Å²) in [7, 11) is 0. The molecule has 2 aliphatic rings. The molecule has 0 saturated carbocycles. The van der Waals surface area contributed by atoms with Crippen molar-refractivity contribution in [3.63, 3.8) is 0 Å². The lowest BCUT2D eigenvalue weighted by atomic mass is 10.0. The lowest BCUT2D eigenvalue weighted by Crippen LogP contribution is -2.37. The number of halogens is 3. The fraction of sp³-hybridized carbons (Fsp3) is 0.346. The SMILES string of the molecule is Cc1cc(Oc2nc(N3CCCCC3)nc3c2CN(C(=O)c2ccc(Cl)c(Cl)c2)CC3)ccc1F. The van der Waals surface area contributed by atoms with Crippen LogP contribution in [0.4, 0.5) is 10.3 Å². The number of anilines is 1. The molecule has 182 valence electrons. The molecule has 1 fully saturated rings. The first kappa shape index (κ1) is 23.8. The molecule has 1 amide bonds. The van der Waals surface area contributed by atoms with Crippen LogP contribution in [0.3, 0.4) is 0 Å². The number of hydrogen-bond acceptors (Lipinski definition) is 5. The Kier molecular flexibility index (Phi) is 6.80. The van der Waals surface area contributed by atoms with E-state index in [1.807, 2.05) is 0 Å². The van der Waals surface area contributed by atoms with Gasteiger partial charge in [-0.1, -0.05) is 23.2 Å². The fourth-order valence-electron chi connectivity index (χ4n) is 4.47. The first-order chi connectivity index (χ1) is 16.9. The Balaban J connectivity index is 1.49. The molecule has 9 heteroatoms. The Labute approximate surface area is 213 Å². The van der Waals surface area contributed by atoms with E-state index in [9.17, 15) is 9.18 Å². The zero-order valence-corrected chi connectivity index (χ0v) is 20.9. The van der Waals surface area contributed by atoms with E-state index in [0.717, 1.165) is 37.2 Å². The molecule has 0 N–H and O–H groups in total. The second-order valence-corrected chi connectivity index (χ2v) is 9.73. The van der Waals surface area contributed by atoms with Crippen LogP contribution in [0.5, 0.6) is 11.6 Å². The maximum atomic E-state index is 13.8. The summed E-state index contributed by atoms with van der Waals surface area (Å²) in [5.41, 5.74) is 2.57. The highest BCUT2D eigenvalue weighted by Crippen LogP contribution is 2.33. The van der Waals surface area contributed by atoms with Gasteiger partial charge in [-0.2, -0.15) is 4.98 Å². The molecule has 1 saturated heterocycles. The van der Waals surface area contributed by atoms with E-state index in [2.05, 4.69) is 4.90 Å². The van der Waals surface area contributed by atoms with Gasteiger partial charge in [-0.3, -0.25) is 4.79 Å². The van der Waals surface area contributed by atoms with Gasteiger partial charge in [-0.15, -0.1) is 0 Å². The Bertz CT molecular complexity index is 1280. The van der Waals surface area contributed by atoms with Crippen LogP contribution in [0.25, 0.3) is 0 Å². The fourth-order valence-corrected chi connectivity index (χ4v) is 4.77. The molecule has 2 aromatic carbocycles. The van der Waals surface area contributed by atoms with E-state index in [1.54, 1.807) is 42.2 Å². The van der Waals surface area contributed by atoms with E-state index < -0.39 is 0 Å². The van der Waals surface area contributed by atoms with Gasteiger partial charge in [0.2, 0.25) is 11.8 Å². The number of hydrogen-bond donors (Lipinski definition) is 0. The largest absolute Gasteiger partial charge is 0.438 e. The first-order valence-electron chi connectivity index (χ1n) is 11.7. The molecular weight excluding hydrogens is 490 g/mol. The molecule has 0 unspecified atom stereocenters. The Morgan fingerprint density at radius 2 is 1.80 bits per heavy atom. The minimum Gasteiger partial charge on any atom is -0.438 e. The van der Waals surface area contributed by atoms with Crippen LogP contribution in [0, 0.1) is 12.7 Å². The molecule has 0 aliphatic carbocycles. The standard InChI is InChI=1S/C26H25Cl2FN4O2/c1-16-13-18(6-8-22(16)29)35-24-19-15-33(25(34)17-5-7-20(27)21(28)14-17)12-9-23(19)30-26(31-24)32-10-3-2-4-11-32/h5-8,13-14H,2-4,9-12,15H2,1H3. The minimum atomic E-state index is -0.297. The summed E-state index contributed by atoms with van der Waals surface area (Å²) in [5, 5.41) is 0.733. The predicted octanol–water partition coefficient (Wildman–Crippen LogP) is 6.21. The Morgan fingerprint density at radius 1 is 1.00 bits per heavy atom. The van der Waals surface area contributed by atoms with E-state index >= 15 is 0 Å². The first-order valence-corrected chi connectivity index (χ1v) is 12.5. The van der Waals surface area contributed by atoms with Gasteiger partial charge >= 0.3 is 0 Å². The predicted molar refractivity (Wildman–Crippen MR) is 134 cm³/mol. The monoisotopic (exact) mass is 514 g/mol. The number of rotatable bonds is 4. The molecule has 3 heterocycles. The number of piperidine rings is 1. The summed E-state index contributed by atoms with van der Waals surface area (Å²) in [6, 6.07) is 9.47. The number of carbonyl (C=O) groups excluding carboxylic acids is 1. The van der Waals surface area contributed by atoms with E-state index in [4.69, 9.17) is 37.9 Å². The minimum absolute atomic E-state index is 0.155. The molecule has 0 bridgehead atoms. The molecule has 0 radical (unpaired) electrons. The molecule has 35 heavy (non-hydrogen) atoms. The maximum absolute atomic E-state index is 13.8. The van der Waals surface area contributed by atoms with Crippen molar-refractivity contribution in [3.8, 4) is 11.6 Å². The molecule has 0 atom stereocenters. The van der Waals surface area contributed by atoms with Gasteiger partial charge in [0.1, 0.15) is 11.6 Å². The third-order valence-corrected chi connectivity index (χ3v) is 7.19. The molecule has 6 nitrogen and oxygen atoms in total. The van der Waals surface area contributed by atoms with Gasteiger partial charge in [-0.05, 0) is 68.1 Å². The normalized spacial score (nSPS) is 15.7. The number of fused-ring (bicyclic) bond motifs is 1. The lowest BCUT2D eigenvalue weighted by Gasteiger charge is -2.32. The second-order valence-electron chi connectivity index (χ2n) is 8.92. The van der Waals surface area contributed by atoms with Crippen LogP contribution in [-0.2, 0) is 13.0 Å². The summed E-state index contributed by atoms with van der Waals surface area (Å²) in [4.78, 5) is 26.8. The van der Waals surface area contributed by atoms with Crippen molar-refractivity contribution in [2.24, 2.45) is 0 Å². The summed E-state index contributed by atoms with van der Waals surface area (Å²) >= 11 is 12.2. The number of amides is 1. The van der Waals surface area contributed by atoms with Crippen LogP contribution >= 0.6 is 23.2 Å². The molecule has 0 spiro atoms. The van der Waals surface area contributed by atoms with Gasteiger partial charge in [0.05, 0.1) is 27.8 Å². The third-order valence-electron chi connectivity index (χ3n) is 6.45. The third kappa shape index (κ3) is 5.07. The van der Waals surface area contributed by atoms with Crippen molar-refractivity contribution < 1.29 is 13.9 Å². The van der Waals surface area contributed by atoms with Crippen LogP contribution < -0.4 is 9.64 Å². The zero-order chi connectivity index (χ0) is 24.5. The second kappa shape index (κ2) is 9.99. The molecule has 3 aromatic rings. The average Bonchev–Trinajstić information content (AvgIpc) is 2.87. The molecule has 2 aliphatic heterocycles. The van der Waals surface area contributed by atoms with Crippen LogP contribution in [0.15, 0.2) is 36.4 Å². The van der Waals surface area contributed by atoms with Gasteiger partial charge in [0.25, 0.3) is 5.91 Å². The number of carbonyl (C=O) groups is 1. The Morgan fingerprint density at radius 3 is 2.54 bits per heavy atom. The van der Waals surface area contributed by atoms with Gasteiger partial charge in [0.15, 0.2) is 0 Å². The van der Waals surface area contributed by atoms with Crippen molar-refractivity contribution in [1.82, 2.24) is 14.9 Å². The summed E-state index contributed by atoms with van der Waals surface area (Å²) in [6.45, 7) is 4.29. The summed E-state index contributed by atoms with van der Waals surface area (Å²) in [5.74, 6) is 1.07. The van der Waals surface area contributed by atoms with Crippen molar-refractivity contribution in [1.29, 1.82) is 0 Å². The zero-order valence-electron chi connectivity index (χ0n) is 19.4. The molecular formula is C26H25Cl2FN4O2. The number of ether oxygens (including phenoxy) is 1. The van der Waals surface area contributed by atoms with E-state index in [1.165, 1.54) is 12.5 Å². The van der Waals surface area contributed by atoms with Gasteiger partial charge in [0, 0.05) is 31.6 Å². The lowest BCUT2D eigenvalue weighted by molar-refractivity contribution is 0.0732. The average molecular weight is 515 g/mol. The Hall–Kier alpha value is -2.90. The number of aromatic nitrogens is 2. The quantitative estimate of drug-likeness (QED) is 0.414. The van der Waals surface area contributed by atoms with Crippen LogP contribution in [-0.4, -0.2) is 40.4 Å². The van der Waals surface area contributed by atoms with Gasteiger partial charge < -0.3 is 14.5 Å². The van der Waals surface area contributed by atoms with Crippen LogP contribution in [0.1, 0.15) is 46.4 Å². The van der Waals surface area contributed by atoms with Crippen molar-refractivity contribution in [2.75, 3.05) is 24.5 Å². The summed E-state index contributed by atoms with van der Waals surface area (Å²) < 4.78 is 20.0. The highest BCUT2D eigenvalue weighted by Gasteiger charge is 2.29. The number of aryl methyl sites for hydroxylation is 1. The smallest absolute Gasteiger partial charge is 0.254 e. The van der Waals surface area contributed by atoms with Crippen molar-refractivity contribution in [3.05, 3.63) is 74.6 Å². The number of nitrogens with zero attached hydrogens (tertiary/aromatic N) is 4. The van der Waals surface area contributed by atoms with Crippen molar-refractivity contribution in [2.45, 2.75) is 39.2 Å². The number of benzene rings is 2. The van der Waals surface area contributed by atoms with E-state index in [-0.39, 0.29) is 11.7 Å². The van der Waals surface area contributed by atoms with E-state index in [0.29, 0.717) is 58.3 Å². The maximum Gasteiger partial charge on any atom is 0.254 e.